The zero-order valence-electron chi connectivity index (χ0n) is 20.6. The van der Waals surface area contributed by atoms with Crippen molar-refractivity contribution in [2.45, 2.75) is 94.7 Å². The van der Waals surface area contributed by atoms with Crippen LogP contribution in [0.1, 0.15) is 82.7 Å². The highest BCUT2D eigenvalue weighted by Crippen LogP contribution is 2.34. The van der Waals surface area contributed by atoms with Gasteiger partial charge in [-0.3, -0.25) is 5.10 Å². The Morgan fingerprint density at radius 1 is 1.06 bits per heavy atom. The molecule has 1 aliphatic heterocycles. The molecule has 3 aliphatic rings. The van der Waals surface area contributed by atoms with Gasteiger partial charge in [-0.15, -0.1) is 0 Å². The van der Waals surface area contributed by atoms with E-state index in [-0.39, 0.29) is 17.6 Å². The molecule has 1 saturated heterocycles. The third kappa shape index (κ3) is 6.42. The van der Waals surface area contributed by atoms with E-state index in [2.05, 4.69) is 54.4 Å². The van der Waals surface area contributed by atoms with Gasteiger partial charge in [0.05, 0.1) is 0 Å². The van der Waals surface area contributed by atoms with Crippen LogP contribution in [0.5, 0.6) is 0 Å². The summed E-state index contributed by atoms with van der Waals surface area (Å²) >= 11 is 0. The zero-order valence-corrected chi connectivity index (χ0v) is 20.6. The molecule has 3 heterocycles. The number of hydrogen-bond donors (Lipinski definition) is 5. The molecule has 0 spiro atoms. The standard InChI is InChI=1S/C25H38N8O2/c1-25(11-14-35-15-12-25)31-24(34)28-19-8-6-18(7-9-19)27-23-26-13-10-21(30-23)29-22-16-20(32-33-22)17-4-2-3-5-17/h10,13,16-19H,2-9,11-12,14-15H2,1H3,(H2,28,31,34)(H3,26,27,29,30,32,33). The second-order valence-electron chi connectivity index (χ2n) is 10.5. The average Bonchev–Trinajstić information content (AvgIpc) is 3.53. The first kappa shape index (κ1) is 23.8. The van der Waals surface area contributed by atoms with E-state index >= 15 is 0 Å². The Balaban J connectivity index is 1.07. The topological polar surface area (TPSA) is 129 Å². The summed E-state index contributed by atoms with van der Waals surface area (Å²) in [4.78, 5) is 21.5. The van der Waals surface area contributed by atoms with Crippen molar-refractivity contribution < 1.29 is 9.53 Å². The second-order valence-corrected chi connectivity index (χ2v) is 10.5. The Labute approximate surface area is 206 Å². The molecular formula is C25H38N8O2. The summed E-state index contributed by atoms with van der Waals surface area (Å²) < 4.78 is 5.42. The lowest BCUT2D eigenvalue weighted by Gasteiger charge is -2.36. The molecule has 5 N–H and O–H groups in total. The third-order valence-electron chi connectivity index (χ3n) is 7.71. The predicted molar refractivity (Wildman–Crippen MR) is 135 cm³/mol. The minimum Gasteiger partial charge on any atom is -0.381 e. The van der Waals surface area contributed by atoms with Gasteiger partial charge in [0.1, 0.15) is 5.82 Å². The van der Waals surface area contributed by atoms with Gasteiger partial charge >= 0.3 is 6.03 Å². The number of carbonyl (C=O) groups is 1. The van der Waals surface area contributed by atoms with Gasteiger partial charge in [-0.05, 0) is 64.4 Å². The molecule has 3 fully saturated rings. The molecule has 2 amide bonds. The Morgan fingerprint density at radius 2 is 1.80 bits per heavy atom. The molecule has 190 valence electrons. The molecule has 2 aromatic rings. The van der Waals surface area contributed by atoms with E-state index < -0.39 is 0 Å². The number of H-pyrrole nitrogens is 1. The lowest BCUT2D eigenvalue weighted by atomic mass is 9.91. The minimum atomic E-state index is -0.175. The lowest BCUT2D eigenvalue weighted by molar-refractivity contribution is 0.0489. The number of urea groups is 1. The number of amides is 2. The summed E-state index contributed by atoms with van der Waals surface area (Å²) in [5.74, 6) is 2.72. The van der Waals surface area contributed by atoms with Crippen molar-refractivity contribution in [3.8, 4) is 0 Å². The maximum atomic E-state index is 12.5. The molecular weight excluding hydrogens is 444 g/mol. The summed E-state index contributed by atoms with van der Waals surface area (Å²) in [6.07, 6.45) is 12.3. The molecule has 0 atom stereocenters. The number of nitrogens with one attached hydrogen (secondary N) is 5. The maximum absolute atomic E-state index is 12.5. The number of carbonyl (C=O) groups excluding carboxylic acids is 1. The zero-order chi connectivity index (χ0) is 24.1. The highest BCUT2D eigenvalue weighted by Gasteiger charge is 2.30. The number of ether oxygens (including phenoxy) is 1. The Bertz CT molecular complexity index is 975. The van der Waals surface area contributed by atoms with E-state index in [1.807, 2.05) is 6.07 Å². The fourth-order valence-electron chi connectivity index (χ4n) is 5.48. The number of anilines is 3. The van der Waals surface area contributed by atoms with Crippen LogP contribution in [0.3, 0.4) is 0 Å². The highest BCUT2D eigenvalue weighted by atomic mass is 16.5. The van der Waals surface area contributed by atoms with E-state index in [0.717, 1.165) is 50.2 Å². The molecule has 0 aromatic carbocycles. The number of aromatic nitrogens is 4. The molecule has 2 aromatic heterocycles. The Hall–Kier alpha value is -2.88. The van der Waals surface area contributed by atoms with Crippen LogP contribution in [0.15, 0.2) is 18.3 Å². The first-order valence-corrected chi connectivity index (χ1v) is 13.1. The molecule has 10 nitrogen and oxygen atoms in total. The second kappa shape index (κ2) is 10.8. The molecule has 0 bridgehead atoms. The largest absolute Gasteiger partial charge is 0.381 e. The quantitative estimate of drug-likeness (QED) is 0.400. The monoisotopic (exact) mass is 482 g/mol. The first-order chi connectivity index (χ1) is 17.0. The Kier molecular flexibility index (Phi) is 7.36. The summed E-state index contributed by atoms with van der Waals surface area (Å²) in [6, 6.07) is 4.37. The third-order valence-corrected chi connectivity index (χ3v) is 7.71. The summed E-state index contributed by atoms with van der Waals surface area (Å²) in [5, 5.41) is 20.7. The number of aromatic amines is 1. The minimum absolute atomic E-state index is 0.0672. The molecule has 0 unspecified atom stereocenters. The van der Waals surface area contributed by atoms with Crippen LogP contribution in [0.25, 0.3) is 0 Å². The molecule has 5 rings (SSSR count). The fourth-order valence-corrected chi connectivity index (χ4v) is 5.48. The molecule has 0 radical (unpaired) electrons. The van der Waals surface area contributed by atoms with Crippen molar-refractivity contribution in [1.29, 1.82) is 0 Å². The van der Waals surface area contributed by atoms with E-state index in [1.165, 1.54) is 31.4 Å². The van der Waals surface area contributed by atoms with Crippen LogP contribution in [0.4, 0.5) is 22.4 Å². The van der Waals surface area contributed by atoms with Gasteiger partial charge < -0.3 is 26.0 Å². The van der Waals surface area contributed by atoms with E-state index in [9.17, 15) is 4.79 Å². The van der Waals surface area contributed by atoms with Crippen molar-refractivity contribution in [1.82, 2.24) is 30.8 Å². The van der Waals surface area contributed by atoms with Gasteiger partial charge in [-0.2, -0.15) is 10.1 Å². The number of rotatable bonds is 7. The molecule has 2 aliphatic carbocycles. The van der Waals surface area contributed by atoms with Gasteiger partial charge in [0.25, 0.3) is 0 Å². The van der Waals surface area contributed by atoms with Crippen molar-refractivity contribution in [3.05, 3.63) is 24.0 Å². The number of nitrogens with zero attached hydrogens (tertiary/aromatic N) is 3. The lowest BCUT2D eigenvalue weighted by Crippen LogP contribution is -2.55. The van der Waals surface area contributed by atoms with Crippen LogP contribution >= 0.6 is 0 Å². The van der Waals surface area contributed by atoms with Gasteiger partial charge in [0.2, 0.25) is 5.95 Å². The molecule has 35 heavy (non-hydrogen) atoms. The van der Waals surface area contributed by atoms with E-state index in [4.69, 9.17) is 4.74 Å². The summed E-state index contributed by atoms with van der Waals surface area (Å²) in [7, 11) is 0. The van der Waals surface area contributed by atoms with Crippen LogP contribution in [-0.4, -0.2) is 57.0 Å². The van der Waals surface area contributed by atoms with Crippen molar-refractivity contribution in [3.63, 3.8) is 0 Å². The average molecular weight is 483 g/mol. The van der Waals surface area contributed by atoms with E-state index in [1.54, 1.807) is 6.20 Å². The van der Waals surface area contributed by atoms with Gasteiger partial charge in [-0.25, -0.2) is 9.78 Å². The smallest absolute Gasteiger partial charge is 0.315 e. The highest BCUT2D eigenvalue weighted by molar-refractivity contribution is 5.75. The van der Waals surface area contributed by atoms with Gasteiger partial charge in [0, 0.05) is 54.7 Å². The first-order valence-electron chi connectivity index (χ1n) is 13.1. The normalized spacial score (nSPS) is 24.6. The van der Waals surface area contributed by atoms with Crippen LogP contribution in [0, 0.1) is 0 Å². The maximum Gasteiger partial charge on any atom is 0.315 e. The number of hydrogen-bond acceptors (Lipinski definition) is 7. The fraction of sp³-hybridized carbons (Fsp3) is 0.680. The van der Waals surface area contributed by atoms with Crippen LogP contribution in [0.2, 0.25) is 0 Å². The summed E-state index contributed by atoms with van der Waals surface area (Å²) in [6.45, 7) is 3.50. The van der Waals surface area contributed by atoms with Gasteiger partial charge in [0.15, 0.2) is 5.82 Å². The Morgan fingerprint density at radius 3 is 2.57 bits per heavy atom. The van der Waals surface area contributed by atoms with Crippen molar-refractivity contribution >= 4 is 23.6 Å². The SMILES string of the molecule is CC1(NC(=O)NC2CCC(Nc3nccc(Nc4cc(C5CCCC5)[nH]n4)n3)CC2)CCOCC1. The summed E-state index contributed by atoms with van der Waals surface area (Å²) in [5.41, 5.74) is 1.03. The molecule has 2 saturated carbocycles. The van der Waals surface area contributed by atoms with Crippen molar-refractivity contribution in [2.75, 3.05) is 23.8 Å². The van der Waals surface area contributed by atoms with Crippen molar-refractivity contribution in [2.24, 2.45) is 0 Å². The van der Waals surface area contributed by atoms with Crippen LogP contribution < -0.4 is 21.3 Å². The van der Waals surface area contributed by atoms with E-state index in [0.29, 0.717) is 31.1 Å². The van der Waals surface area contributed by atoms with Gasteiger partial charge in [-0.1, -0.05) is 12.8 Å². The van der Waals surface area contributed by atoms with Crippen LogP contribution in [-0.2, 0) is 4.74 Å². The predicted octanol–water partition coefficient (Wildman–Crippen LogP) is 4.19. The molecule has 10 heteroatoms.